The Kier molecular flexibility index (Phi) is 6.45. The summed E-state index contributed by atoms with van der Waals surface area (Å²) in [5.74, 6) is 1.77. The van der Waals surface area contributed by atoms with Gasteiger partial charge in [0.1, 0.15) is 5.78 Å². The molecule has 72 valence electrons. The molecule has 0 saturated heterocycles. The van der Waals surface area contributed by atoms with E-state index in [1.807, 2.05) is 0 Å². The summed E-state index contributed by atoms with van der Waals surface area (Å²) in [4.78, 5) is 11.1. The number of Topliss-reactive ketones (excluding diaryl/α,β-unsaturated/α-hetero) is 1. The molecule has 0 N–H and O–H groups in total. The first-order valence-electron chi connectivity index (χ1n) is 4.64. The van der Waals surface area contributed by atoms with Gasteiger partial charge in [-0.05, 0) is 25.7 Å². The van der Waals surface area contributed by atoms with Gasteiger partial charge in [0.25, 0.3) is 0 Å². The van der Waals surface area contributed by atoms with Gasteiger partial charge in [-0.15, -0.1) is 11.6 Å². The molecule has 1 atom stereocenters. The van der Waals surface area contributed by atoms with Crippen LogP contribution in [0.2, 0.25) is 0 Å². The zero-order valence-corrected chi connectivity index (χ0v) is 9.03. The summed E-state index contributed by atoms with van der Waals surface area (Å²) in [5, 5.41) is 0. The second kappa shape index (κ2) is 6.47. The van der Waals surface area contributed by atoms with Crippen LogP contribution in [0.15, 0.2) is 0 Å². The normalized spacial score (nSPS) is 13.4. The Labute approximate surface area is 80.5 Å². The summed E-state index contributed by atoms with van der Waals surface area (Å²) in [6, 6.07) is 0. The second-order valence-corrected chi connectivity index (χ2v) is 4.13. The zero-order valence-electron chi connectivity index (χ0n) is 8.27. The predicted molar refractivity (Wildman–Crippen MR) is 53.6 cm³/mol. The molecule has 0 fully saturated rings. The first kappa shape index (κ1) is 12.0. The molecule has 0 saturated carbocycles. The van der Waals surface area contributed by atoms with Crippen molar-refractivity contribution in [3.05, 3.63) is 0 Å². The Morgan fingerprint density at radius 2 is 1.83 bits per heavy atom. The van der Waals surface area contributed by atoms with Crippen LogP contribution in [0.4, 0.5) is 0 Å². The largest absolute Gasteiger partial charge is 0.300 e. The smallest absolute Gasteiger partial charge is 0.132 e. The number of ketones is 1. The average Bonchev–Trinajstić information content (AvgIpc) is 1.96. The monoisotopic (exact) mass is 190 g/mol. The van der Waals surface area contributed by atoms with Crippen LogP contribution in [-0.2, 0) is 4.79 Å². The summed E-state index contributed by atoms with van der Waals surface area (Å²) in [6.45, 7) is 6.02. The fourth-order valence-corrected chi connectivity index (χ4v) is 1.48. The maximum Gasteiger partial charge on any atom is 0.132 e. The van der Waals surface area contributed by atoms with Gasteiger partial charge in [-0.3, -0.25) is 4.79 Å². The van der Waals surface area contributed by atoms with Crippen LogP contribution >= 0.6 is 11.6 Å². The molecule has 0 radical (unpaired) electrons. The maximum atomic E-state index is 11.1. The number of hydrogen-bond acceptors (Lipinski definition) is 1. The molecule has 2 heteroatoms. The number of halogens is 1. The zero-order chi connectivity index (χ0) is 9.56. The van der Waals surface area contributed by atoms with Crippen LogP contribution in [0.3, 0.4) is 0 Å². The molecule has 0 aromatic heterocycles. The minimum atomic E-state index is 0.199. The van der Waals surface area contributed by atoms with Gasteiger partial charge in [0, 0.05) is 11.8 Å². The standard InChI is InChI=1S/C10H19ClO/c1-8(2)4-5-10(6-7-11)9(3)12/h8,10H,4-7H2,1-3H3. The highest BCUT2D eigenvalue weighted by Gasteiger charge is 2.13. The van der Waals surface area contributed by atoms with Crippen molar-refractivity contribution in [2.45, 2.75) is 40.0 Å². The molecule has 0 aromatic rings. The van der Waals surface area contributed by atoms with Gasteiger partial charge in [0.15, 0.2) is 0 Å². The Bertz CT molecular complexity index is 132. The van der Waals surface area contributed by atoms with Gasteiger partial charge < -0.3 is 0 Å². The van der Waals surface area contributed by atoms with Crippen LogP contribution in [0.25, 0.3) is 0 Å². The summed E-state index contributed by atoms with van der Waals surface area (Å²) in [7, 11) is 0. The molecular weight excluding hydrogens is 172 g/mol. The quantitative estimate of drug-likeness (QED) is 0.588. The number of alkyl halides is 1. The summed E-state index contributed by atoms with van der Waals surface area (Å²) in [6.07, 6.45) is 2.96. The van der Waals surface area contributed by atoms with Gasteiger partial charge >= 0.3 is 0 Å². The molecule has 0 bridgehead atoms. The Morgan fingerprint density at radius 1 is 1.25 bits per heavy atom. The van der Waals surface area contributed by atoms with Crippen LogP contribution < -0.4 is 0 Å². The lowest BCUT2D eigenvalue weighted by Crippen LogP contribution is -2.12. The van der Waals surface area contributed by atoms with Crippen molar-refractivity contribution < 1.29 is 4.79 Å². The topological polar surface area (TPSA) is 17.1 Å². The molecule has 1 unspecified atom stereocenters. The van der Waals surface area contributed by atoms with Crippen molar-refractivity contribution >= 4 is 17.4 Å². The summed E-state index contributed by atoms with van der Waals surface area (Å²) < 4.78 is 0. The van der Waals surface area contributed by atoms with Gasteiger partial charge in [-0.25, -0.2) is 0 Å². The highest BCUT2D eigenvalue weighted by Crippen LogP contribution is 2.16. The molecule has 0 amide bonds. The minimum Gasteiger partial charge on any atom is -0.300 e. The molecule has 0 aromatic carbocycles. The van der Waals surface area contributed by atoms with Crippen molar-refractivity contribution in [3.63, 3.8) is 0 Å². The van der Waals surface area contributed by atoms with E-state index in [9.17, 15) is 4.79 Å². The second-order valence-electron chi connectivity index (χ2n) is 3.76. The van der Waals surface area contributed by atoms with E-state index >= 15 is 0 Å². The average molecular weight is 191 g/mol. The minimum absolute atomic E-state index is 0.199. The Hall–Kier alpha value is -0.0400. The van der Waals surface area contributed by atoms with Gasteiger partial charge in [-0.2, -0.15) is 0 Å². The lowest BCUT2D eigenvalue weighted by atomic mass is 9.93. The van der Waals surface area contributed by atoms with E-state index in [2.05, 4.69) is 13.8 Å². The highest BCUT2D eigenvalue weighted by atomic mass is 35.5. The van der Waals surface area contributed by atoms with Crippen molar-refractivity contribution in [2.75, 3.05) is 5.88 Å². The summed E-state index contributed by atoms with van der Waals surface area (Å²) in [5.41, 5.74) is 0. The van der Waals surface area contributed by atoms with E-state index < -0.39 is 0 Å². The Morgan fingerprint density at radius 3 is 2.17 bits per heavy atom. The van der Waals surface area contributed by atoms with Crippen LogP contribution in [-0.4, -0.2) is 11.7 Å². The van der Waals surface area contributed by atoms with Gasteiger partial charge in [0.05, 0.1) is 0 Å². The third kappa shape index (κ3) is 5.59. The van der Waals surface area contributed by atoms with Gasteiger partial charge in [-0.1, -0.05) is 20.3 Å². The van der Waals surface area contributed by atoms with Crippen molar-refractivity contribution in [2.24, 2.45) is 11.8 Å². The molecule has 0 aliphatic heterocycles. The third-order valence-electron chi connectivity index (χ3n) is 2.12. The lowest BCUT2D eigenvalue weighted by Gasteiger charge is -2.12. The highest BCUT2D eigenvalue weighted by molar-refractivity contribution is 6.18. The molecule has 0 spiro atoms. The molecule has 0 aliphatic carbocycles. The van der Waals surface area contributed by atoms with E-state index in [0.717, 1.165) is 19.3 Å². The first-order chi connectivity index (χ1) is 5.57. The Balaban J connectivity index is 3.71. The number of rotatable bonds is 6. The van der Waals surface area contributed by atoms with Crippen LogP contribution in [0, 0.1) is 11.8 Å². The van der Waals surface area contributed by atoms with E-state index in [1.54, 1.807) is 6.92 Å². The fourth-order valence-electron chi connectivity index (χ4n) is 1.22. The molecule has 0 rings (SSSR count). The van der Waals surface area contributed by atoms with Crippen molar-refractivity contribution in [1.82, 2.24) is 0 Å². The van der Waals surface area contributed by atoms with Gasteiger partial charge in [0.2, 0.25) is 0 Å². The molecule has 1 nitrogen and oxygen atoms in total. The van der Waals surface area contributed by atoms with E-state index in [-0.39, 0.29) is 11.7 Å². The molecule has 0 heterocycles. The maximum absolute atomic E-state index is 11.1. The van der Waals surface area contributed by atoms with E-state index in [0.29, 0.717) is 11.8 Å². The molecule has 12 heavy (non-hydrogen) atoms. The number of hydrogen-bond donors (Lipinski definition) is 0. The van der Waals surface area contributed by atoms with Crippen molar-refractivity contribution in [3.8, 4) is 0 Å². The number of carbonyl (C=O) groups excluding carboxylic acids is 1. The van der Waals surface area contributed by atoms with Crippen molar-refractivity contribution in [1.29, 1.82) is 0 Å². The van der Waals surface area contributed by atoms with Crippen LogP contribution in [0.1, 0.15) is 40.0 Å². The molecule has 0 aliphatic rings. The van der Waals surface area contributed by atoms with E-state index in [1.165, 1.54) is 0 Å². The van der Waals surface area contributed by atoms with E-state index in [4.69, 9.17) is 11.6 Å². The number of carbonyl (C=O) groups is 1. The third-order valence-corrected chi connectivity index (χ3v) is 2.34. The lowest BCUT2D eigenvalue weighted by molar-refractivity contribution is -0.121. The first-order valence-corrected chi connectivity index (χ1v) is 5.17. The fraction of sp³-hybridized carbons (Fsp3) is 0.900. The molecular formula is C10H19ClO. The SMILES string of the molecule is CC(=O)C(CCCl)CCC(C)C. The van der Waals surface area contributed by atoms with Crippen LogP contribution in [0.5, 0.6) is 0 Å². The predicted octanol–water partition coefficient (Wildman–Crippen LogP) is 3.26. The summed E-state index contributed by atoms with van der Waals surface area (Å²) >= 11 is 5.60.